The van der Waals surface area contributed by atoms with E-state index in [9.17, 15) is 15.5 Å². The first-order valence-electron chi connectivity index (χ1n) is 12.6. The number of imidazole rings is 1. The van der Waals surface area contributed by atoms with Crippen molar-refractivity contribution in [2.24, 2.45) is 0 Å². The number of rotatable bonds is 6. The van der Waals surface area contributed by atoms with Gasteiger partial charge in [0.15, 0.2) is 0 Å². The van der Waals surface area contributed by atoms with E-state index in [-0.39, 0.29) is 31.2 Å². The summed E-state index contributed by atoms with van der Waals surface area (Å²) in [4.78, 5) is 13.9. The Morgan fingerprint density at radius 1 is 0.973 bits per heavy atom. The van der Waals surface area contributed by atoms with Gasteiger partial charge in [-0.2, -0.15) is 5.26 Å². The van der Waals surface area contributed by atoms with Crippen LogP contribution in [0.4, 0.5) is 11.6 Å². The summed E-state index contributed by atoms with van der Waals surface area (Å²) in [5, 5.41) is 32.5. The van der Waals surface area contributed by atoms with E-state index in [0.29, 0.717) is 28.9 Å². The van der Waals surface area contributed by atoms with Crippen LogP contribution in [0, 0.1) is 11.3 Å². The summed E-state index contributed by atoms with van der Waals surface area (Å²) in [7, 11) is 0. The fraction of sp³-hybridized carbons (Fsp3) is 0.357. The summed E-state index contributed by atoms with van der Waals surface area (Å²) >= 11 is 0. The van der Waals surface area contributed by atoms with Crippen molar-refractivity contribution in [1.29, 1.82) is 5.26 Å². The van der Waals surface area contributed by atoms with Gasteiger partial charge in [0, 0.05) is 17.8 Å². The van der Waals surface area contributed by atoms with Gasteiger partial charge in [0.25, 0.3) is 0 Å². The number of aromatic nitrogens is 4. The Kier molecular flexibility index (Phi) is 7.11. The van der Waals surface area contributed by atoms with Crippen molar-refractivity contribution in [2.45, 2.75) is 63.2 Å². The molecule has 37 heavy (non-hydrogen) atoms. The molecule has 3 N–H and O–H groups in total. The van der Waals surface area contributed by atoms with Crippen molar-refractivity contribution in [3.05, 3.63) is 65.6 Å². The molecule has 0 saturated heterocycles. The van der Waals surface area contributed by atoms with Gasteiger partial charge in [-0.15, -0.1) is 12.4 Å². The van der Waals surface area contributed by atoms with Gasteiger partial charge in [-0.1, -0.05) is 6.07 Å². The second-order valence-corrected chi connectivity index (χ2v) is 9.83. The Morgan fingerprint density at radius 3 is 2.51 bits per heavy atom. The van der Waals surface area contributed by atoms with E-state index in [1.807, 2.05) is 12.1 Å². The first kappa shape index (κ1) is 25.2. The summed E-state index contributed by atoms with van der Waals surface area (Å²) < 4.78 is 2.16. The second-order valence-electron chi connectivity index (χ2n) is 9.83. The van der Waals surface area contributed by atoms with Crippen LogP contribution in [0.25, 0.3) is 22.3 Å². The summed E-state index contributed by atoms with van der Waals surface area (Å²) in [6.07, 6.45) is 6.96. The second kappa shape index (κ2) is 10.5. The minimum absolute atomic E-state index is 0. The Hall–Kier alpha value is -3.51. The molecule has 0 radical (unpaired) electrons. The number of benzene rings is 1. The highest BCUT2D eigenvalue weighted by atomic mass is 35.5. The van der Waals surface area contributed by atoms with E-state index in [2.05, 4.69) is 44.1 Å². The van der Waals surface area contributed by atoms with E-state index in [1.165, 1.54) is 18.4 Å². The number of aliphatic hydroxyl groups is 2. The number of pyridine rings is 2. The molecule has 1 aromatic carbocycles. The highest BCUT2D eigenvalue weighted by molar-refractivity contribution is 5.85. The molecule has 0 spiro atoms. The Bertz CT molecular complexity index is 1470. The average Bonchev–Trinajstić information content (AvgIpc) is 3.69. The molecule has 190 valence electrons. The molecule has 2 aliphatic rings. The topological polar surface area (TPSA) is 120 Å². The highest BCUT2D eigenvalue weighted by Crippen LogP contribution is 2.42. The number of nitrogens with zero attached hydrogens (tertiary/aromatic N) is 5. The van der Waals surface area contributed by atoms with E-state index in [4.69, 9.17) is 4.98 Å². The van der Waals surface area contributed by atoms with E-state index < -0.39 is 0 Å². The third-order valence-corrected chi connectivity index (χ3v) is 7.27. The molecule has 3 aromatic heterocycles. The minimum Gasteiger partial charge on any atom is -0.393 e. The first-order valence-corrected chi connectivity index (χ1v) is 12.6. The Morgan fingerprint density at radius 2 is 1.78 bits per heavy atom. The summed E-state index contributed by atoms with van der Waals surface area (Å²) in [5.41, 5.74) is 5.45. The van der Waals surface area contributed by atoms with Crippen LogP contribution in [-0.4, -0.2) is 35.8 Å². The zero-order valence-corrected chi connectivity index (χ0v) is 21.2. The number of halogens is 1. The van der Waals surface area contributed by atoms with Gasteiger partial charge < -0.3 is 20.1 Å². The summed E-state index contributed by atoms with van der Waals surface area (Å²) in [6.45, 7) is -0.124. The maximum absolute atomic E-state index is 10.0. The Balaban J connectivity index is 0.00000280. The molecule has 3 heterocycles. The van der Waals surface area contributed by atoms with Crippen LogP contribution in [0.2, 0.25) is 0 Å². The zero-order chi connectivity index (χ0) is 24.6. The van der Waals surface area contributed by atoms with Crippen LogP contribution >= 0.6 is 12.4 Å². The minimum atomic E-state index is -0.243. The molecule has 2 fully saturated rings. The molecule has 0 aliphatic heterocycles. The van der Waals surface area contributed by atoms with Gasteiger partial charge in [0.1, 0.15) is 24.1 Å². The summed E-state index contributed by atoms with van der Waals surface area (Å²) in [5.74, 6) is 2.48. The monoisotopic (exact) mass is 516 g/mol. The van der Waals surface area contributed by atoms with Crippen molar-refractivity contribution >= 4 is 35.1 Å². The van der Waals surface area contributed by atoms with Crippen molar-refractivity contribution in [1.82, 2.24) is 19.5 Å². The van der Waals surface area contributed by atoms with Gasteiger partial charge in [-0.05, 0) is 86.4 Å². The maximum Gasteiger partial charge on any atom is 0.135 e. The molecule has 0 unspecified atom stereocenters. The molecule has 9 heteroatoms. The van der Waals surface area contributed by atoms with Gasteiger partial charge in [0.2, 0.25) is 0 Å². The maximum atomic E-state index is 10.0. The lowest BCUT2D eigenvalue weighted by atomic mass is 9.92. The molecular formula is C28H29ClN6O2. The van der Waals surface area contributed by atoms with E-state index in [1.54, 1.807) is 18.3 Å². The van der Waals surface area contributed by atoms with Crippen molar-refractivity contribution < 1.29 is 10.2 Å². The van der Waals surface area contributed by atoms with Crippen LogP contribution in [-0.2, 0) is 6.61 Å². The van der Waals surface area contributed by atoms with Crippen LogP contribution in [0.5, 0.6) is 0 Å². The molecule has 2 saturated carbocycles. The molecule has 0 amide bonds. The lowest BCUT2D eigenvalue weighted by molar-refractivity contribution is 0.109. The lowest BCUT2D eigenvalue weighted by Crippen LogP contribution is -2.22. The summed E-state index contributed by atoms with van der Waals surface area (Å²) in [6, 6.07) is 16.1. The number of nitriles is 1. The molecule has 2 aliphatic carbocycles. The Labute approximate surface area is 221 Å². The quantitative estimate of drug-likeness (QED) is 0.315. The van der Waals surface area contributed by atoms with E-state index >= 15 is 0 Å². The number of anilines is 2. The van der Waals surface area contributed by atoms with E-state index in [0.717, 1.165) is 48.0 Å². The number of aliphatic hydroxyl groups excluding tert-OH is 2. The van der Waals surface area contributed by atoms with Crippen LogP contribution < -0.4 is 5.32 Å². The number of hydrogen-bond donors (Lipinski definition) is 3. The standard InChI is InChI=1S/C28H28N6O2.ClH/c29-15-17-9-10-30-26(11-17)33-27-14-20(18-1-2-18)12-24(31-27)19-3-8-23-25(13-19)34(28(16-35)32-23)21-4-6-22(36)7-5-21;/h3,8-14,18,21-22,35-36H,1-2,4-7,16H2,(H,30,31,33);1H/t21-,22-;. The molecule has 0 atom stereocenters. The number of nitrogens with one attached hydrogen (secondary N) is 1. The fourth-order valence-corrected chi connectivity index (χ4v) is 5.25. The average molecular weight is 517 g/mol. The third kappa shape index (κ3) is 5.16. The van der Waals surface area contributed by atoms with Crippen LogP contribution in [0.3, 0.4) is 0 Å². The molecule has 6 rings (SSSR count). The van der Waals surface area contributed by atoms with Crippen molar-refractivity contribution in [2.75, 3.05) is 5.32 Å². The molecule has 4 aromatic rings. The van der Waals surface area contributed by atoms with Crippen molar-refractivity contribution in [3.63, 3.8) is 0 Å². The fourth-order valence-electron chi connectivity index (χ4n) is 5.25. The van der Waals surface area contributed by atoms with Gasteiger partial charge in [0.05, 0.1) is 34.5 Å². The third-order valence-electron chi connectivity index (χ3n) is 7.27. The number of fused-ring (bicyclic) bond motifs is 1. The molecule has 0 bridgehead atoms. The normalized spacial score (nSPS) is 19.3. The van der Waals surface area contributed by atoms with Crippen molar-refractivity contribution in [3.8, 4) is 17.3 Å². The zero-order valence-electron chi connectivity index (χ0n) is 20.3. The number of hydrogen-bond acceptors (Lipinski definition) is 7. The predicted molar refractivity (Wildman–Crippen MR) is 144 cm³/mol. The molecule has 8 nitrogen and oxygen atoms in total. The van der Waals surface area contributed by atoms with Crippen LogP contribution in [0.15, 0.2) is 48.7 Å². The lowest BCUT2D eigenvalue weighted by Gasteiger charge is -2.28. The SMILES string of the molecule is Cl.N#Cc1ccnc(Nc2cc(C3CC3)cc(-c3ccc4nc(CO)n([C@H]5CC[C@H](O)CC5)c4c3)n2)c1. The molecular weight excluding hydrogens is 488 g/mol. The predicted octanol–water partition coefficient (Wildman–Crippen LogP) is 5.38. The van der Waals surface area contributed by atoms with Gasteiger partial charge in [-0.3, -0.25) is 0 Å². The van der Waals surface area contributed by atoms with Gasteiger partial charge >= 0.3 is 0 Å². The van der Waals surface area contributed by atoms with Gasteiger partial charge in [-0.25, -0.2) is 15.0 Å². The smallest absolute Gasteiger partial charge is 0.135 e. The highest BCUT2D eigenvalue weighted by Gasteiger charge is 2.26. The largest absolute Gasteiger partial charge is 0.393 e. The van der Waals surface area contributed by atoms with Crippen LogP contribution in [0.1, 0.15) is 67.4 Å². The first-order chi connectivity index (χ1) is 17.6.